The van der Waals surface area contributed by atoms with Crippen LogP contribution in [0.5, 0.6) is 0 Å². The zero-order valence-corrected chi connectivity index (χ0v) is 30.1. The number of nitrogens with zero attached hydrogens (tertiary/aromatic N) is 1. The minimum absolute atomic E-state index is 0.844. The number of hydrogen-bond acceptors (Lipinski definition) is 4. The van der Waals surface area contributed by atoms with Gasteiger partial charge in [0.25, 0.3) is 0 Å². The predicted octanol–water partition coefficient (Wildman–Crippen LogP) is 15.3. The first-order valence-electron chi connectivity index (χ1n) is 18.9. The minimum atomic E-state index is 0.844. The molecule has 262 valence electrons. The highest BCUT2D eigenvalue weighted by Gasteiger charge is 2.19. The van der Waals surface area contributed by atoms with Crippen LogP contribution in [0.4, 0.5) is 17.1 Å². The van der Waals surface area contributed by atoms with Gasteiger partial charge in [-0.3, -0.25) is 0 Å². The largest absolute Gasteiger partial charge is 0.456 e. The van der Waals surface area contributed by atoms with Crippen molar-refractivity contribution in [2.75, 3.05) is 4.90 Å². The molecule has 4 nitrogen and oxygen atoms in total. The van der Waals surface area contributed by atoms with Crippen LogP contribution in [0.3, 0.4) is 0 Å². The molecule has 0 bridgehead atoms. The molecule has 0 unspecified atom stereocenters. The monoisotopic (exact) mass is 717 g/mol. The third kappa shape index (κ3) is 4.79. The van der Waals surface area contributed by atoms with Crippen LogP contribution in [-0.2, 0) is 0 Å². The van der Waals surface area contributed by atoms with Crippen LogP contribution >= 0.6 is 0 Å². The van der Waals surface area contributed by atoms with Gasteiger partial charge in [0.1, 0.15) is 33.7 Å². The van der Waals surface area contributed by atoms with Crippen LogP contribution in [0.2, 0.25) is 0 Å². The van der Waals surface area contributed by atoms with Gasteiger partial charge in [0.2, 0.25) is 0 Å². The maximum atomic E-state index is 6.56. The van der Waals surface area contributed by atoms with E-state index < -0.39 is 0 Å². The van der Waals surface area contributed by atoms with Crippen molar-refractivity contribution in [3.8, 4) is 22.5 Å². The smallest absolute Gasteiger partial charge is 0.137 e. The van der Waals surface area contributed by atoms with E-state index in [2.05, 4.69) is 175 Å². The van der Waals surface area contributed by atoms with Gasteiger partial charge in [0, 0.05) is 61.7 Å². The number of rotatable bonds is 5. The number of anilines is 3. The molecule has 0 amide bonds. The summed E-state index contributed by atoms with van der Waals surface area (Å²) < 4.78 is 19.2. The fraction of sp³-hybridized carbons (Fsp3) is 0. The van der Waals surface area contributed by atoms with Crippen LogP contribution in [-0.4, -0.2) is 0 Å². The van der Waals surface area contributed by atoms with Crippen molar-refractivity contribution in [1.29, 1.82) is 0 Å². The molecule has 0 N–H and O–H groups in total. The van der Waals surface area contributed by atoms with Crippen LogP contribution in [0.1, 0.15) is 0 Å². The van der Waals surface area contributed by atoms with E-state index in [1.807, 2.05) is 18.2 Å². The van der Waals surface area contributed by atoms with Gasteiger partial charge in [0.05, 0.1) is 0 Å². The molecular weight excluding hydrogens is 687 g/mol. The molecule has 0 aliphatic heterocycles. The van der Waals surface area contributed by atoms with Gasteiger partial charge in [0.15, 0.2) is 0 Å². The first-order valence-corrected chi connectivity index (χ1v) is 18.9. The highest BCUT2D eigenvalue weighted by molar-refractivity contribution is 6.20. The topological polar surface area (TPSA) is 42.7 Å². The Kier molecular flexibility index (Phi) is 6.60. The molecule has 3 aromatic heterocycles. The van der Waals surface area contributed by atoms with Crippen LogP contribution in [0.15, 0.2) is 201 Å². The Morgan fingerprint density at radius 1 is 0.286 bits per heavy atom. The van der Waals surface area contributed by atoms with E-state index >= 15 is 0 Å². The summed E-state index contributed by atoms with van der Waals surface area (Å²) in [4.78, 5) is 2.28. The lowest BCUT2D eigenvalue weighted by Crippen LogP contribution is -2.09. The Labute approximate surface area is 321 Å². The summed E-state index contributed by atoms with van der Waals surface area (Å²) in [6.07, 6.45) is 0. The number of fused-ring (bicyclic) bond motifs is 11. The summed E-state index contributed by atoms with van der Waals surface area (Å²) in [6, 6.07) is 66.1. The maximum absolute atomic E-state index is 6.56. The van der Waals surface area contributed by atoms with Crippen molar-refractivity contribution in [2.45, 2.75) is 0 Å². The Morgan fingerprint density at radius 3 is 1.34 bits per heavy atom. The predicted molar refractivity (Wildman–Crippen MR) is 231 cm³/mol. The number of furan rings is 3. The lowest BCUT2D eigenvalue weighted by atomic mass is 10.0. The molecule has 3 heterocycles. The highest BCUT2D eigenvalue weighted by Crippen LogP contribution is 2.43. The molecular formula is C52H31NO3. The van der Waals surface area contributed by atoms with Crippen molar-refractivity contribution >= 4 is 93.5 Å². The summed E-state index contributed by atoms with van der Waals surface area (Å²) >= 11 is 0. The standard InChI is InChI=1S/C52H31NO3/c1-4-10-41-34(7-1)19-27-46-51(41)43-25-23-39(30-49(43)55-46)53(40-24-26-44-50(31-40)56-47-28-20-35-8-2-5-11-42(35)52(44)47)38-21-17-33(18-22-38)32-13-15-36(16-14-32)48-29-37-9-3-6-12-45(37)54-48/h1-31H. The molecule has 0 radical (unpaired) electrons. The second-order valence-corrected chi connectivity index (χ2v) is 14.5. The van der Waals surface area contributed by atoms with Gasteiger partial charge in [-0.05, 0) is 93.3 Å². The first kappa shape index (κ1) is 30.9. The fourth-order valence-corrected chi connectivity index (χ4v) is 8.55. The lowest BCUT2D eigenvalue weighted by Gasteiger charge is -2.25. The van der Waals surface area contributed by atoms with Crippen molar-refractivity contribution in [2.24, 2.45) is 0 Å². The zero-order valence-electron chi connectivity index (χ0n) is 30.1. The third-order valence-corrected chi connectivity index (χ3v) is 11.3. The number of benzene rings is 9. The molecule has 0 saturated carbocycles. The molecule has 0 spiro atoms. The van der Waals surface area contributed by atoms with Gasteiger partial charge in [-0.2, -0.15) is 0 Å². The Balaban J connectivity index is 0.976. The summed E-state index contributed by atoms with van der Waals surface area (Å²) in [5.41, 5.74) is 10.7. The SMILES string of the molecule is c1ccc2oc(-c3ccc(-c4ccc(N(c5ccc6c(c5)oc5ccc7ccccc7c56)c5ccc6c(c5)oc5ccc7ccccc7c56)cc4)cc3)cc2c1. The van der Waals surface area contributed by atoms with E-state index in [9.17, 15) is 0 Å². The lowest BCUT2D eigenvalue weighted by molar-refractivity contribution is 0.631. The second-order valence-electron chi connectivity index (χ2n) is 14.5. The minimum Gasteiger partial charge on any atom is -0.456 e. The maximum Gasteiger partial charge on any atom is 0.137 e. The van der Waals surface area contributed by atoms with Gasteiger partial charge in [-0.25, -0.2) is 0 Å². The molecule has 0 atom stereocenters. The molecule has 9 aromatic carbocycles. The first-order chi connectivity index (χ1) is 27.7. The van der Waals surface area contributed by atoms with Crippen LogP contribution in [0.25, 0.3) is 98.8 Å². The van der Waals surface area contributed by atoms with E-state index in [0.29, 0.717) is 0 Å². The average Bonchev–Trinajstić information content (AvgIpc) is 3.97. The summed E-state index contributed by atoms with van der Waals surface area (Å²) in [7, 11) is 0. The van der Waals surface area contributed by atoms with E-state index in [0.717, 1.165) is 94.4 Å². The third-order valence-electron chi connectivity index (χ3n) is 11.3. The number of para-hydroxylation sites is 1. The van der Waals surface area contributed by atoms with E-state index in [1.165, 1.54) is 21.5 Å². The quantitative estimate of drug-likeness (QED) is 0.178. The van der Waals surface area contributed by atoms with Crippen LogP contribution in [0, 0.1) is 0 Å². The van der Waals surface area contributed by atoms with E-state index in [4.69, 9.17) is 13.3 Å². The molecule has 0 aliphatic carbocycles. The van der Waals surface area contributed by atoms with Crippen molar-refractivity contribution < 1.29 is 13.3 Å². The highest BCUT2D eigenvalue weighted by atomic mass is 16.3. The average molecular weight is 718 g/mol. The molecule has 12 rings (SSSR count). The Bertz CT molecular complexity index is 3290. The Hall–Kier alpha value is -7.56. The molecule has 56 heavy (non-hydrogen) atoms. The Morgan fingerprint density at radius 2 is 0.768 bits per heavy atom. The fourth-order valence-electron chi connectivity index (χ4n) is 8.55. The van der Waals surface area contributed by atoms with Gasteiger partial charge in [-0.1, -0.05) is 115 Å². The molecule has 4 heteroatoms. The van der Waals surface area contributed by atoms with Crippen molar-refractivity contribution in [3.63, 3.8) is 0 Å². The van der Waals surface area contributed by atoms with Crippen molar-refractivity contribution in [3.05, 3.63) is 188 Å². The zero-order chi connectivity index (χ0) is 36.7. The molecule has 12 aromatic rings. The normalized spacial score (nSPS) is 11.9. The van der Waals surface area contributed by atoms with Gasteiger partial charge < -0.3 is 18.2 Å². The van der Waals surface area contributed by atoms with E-state index in [1.54, 1.807) is 0 Å². The number of hydrogen-bond donors (Lipinski definition) is 0. The van der Waals surface area contributed by atoms with Crippen molar-refractivity contribution in [1.82, 2.24) is 0 Å². The summed E-state index contributed by atoms with van der Waals surface area (Å²) in [6.45, 7) is 0. The van der Waals surface area contributed by atoms with Gasteiger partial charge in [-0.15, -0.1) is 0 Å². The molecule has 0 saturated heterocycles. The van der Waals surface area contributed by atoms with Gasteiger partial charge >= 0.3 is 0 Å². The summed E-state index contributed by atoms with van der Waals surface area (Å²) in [5, 5.41) is 10.4. The molecule has 0 aliphatic rings. The van der Waals surface area contributed by atoms with Crippen LogP contribution < -0.4 is 4.90 Å². The van der Waals surface area contributed by atoms with E-state index in [-0.39, 0.29) is 0 Å². The second kappa shape index (κ2) is 12.0. The summed E-state index contributed by atoms with van der Waals surface area (Å²) in [5.74, 6) is 0.868. The molecule has 0 fully saturated rings.